The van der Waals surface area contributed by atoms with Crippen LogP contribution in [0.25, 0.3) is 0 Å². The van der Waals surface area contributed by atoms with Crippen LogP contribution in [0.15, 0.2) is 4.42 Å². The lowest BCUT2D eigenvalue weighted by molar-refractivity contribution is -0.0508. The third-order valence-electron chi connectivity index (χ3n) is 2.31. The maximum atomic E-state index is 12.2. The zero-order chi connectivity index (χ0) is 17.1. The van der Waals surface area contributed by atoms with E-state index in [4.69, 9.17) is 4.42 Å². The number of esters is 1. The Labute approximate surface area is 123 Å². The molecule has 0 bridgehead atoms. The van der Waals surface area contributed by atoms with Gasteiger partial charge in [-0.15, -0.1) is 0 Å². The summed E-state index contributed by atoms with van der Waals surface area (Å²) in [4.78, 5) is 16.5. The van der Waals surface area contributed by atoms with Gasteiger partial charge in [0, 0.05) is 13.0 Å². The van der Waals surface area contributed by atoms with Gasteiger partial charge < -0.3 is 18.2 Å². The summed E-state index contributed by atoms with van der Waals surface area (Å²) in [5.41, 5.74) is -6.09. The van der Waals surface area contributed by atoms with Crippen LogP contribution in [0.3, 0.4) is 0 Å². The van der Waals surface area contributed by atoms with Crippen LogP contribution in [0.2, 0.25) is 0 Å². The van der Waals surface area contributed by atoms with Crippen LogP contribution in [0.4, 0.5) is 13.2 Å². The quantitative estimate of drug-likeness (QED) is 0.424. The minimum atomic E-state index is -5.94. The van der Waals surface area contributed by atoms with Crippen molar-refractivity contribution in [2.75, 3.05) is 27.7 Å². The monoisotopic (exact) mass is 346 g/mol. The molecule has 0 unspecified atom stereocenters. The highest BCUT2D eigenvalue weighted by atomic mass is 32.2. The summed E-state index contributed by atoms with van der Waals surface area (Å²) in [5.74, 6) is -1.13. The standard InChI is InChI=1S/C10H13F3N2O6S/c1-15(2)5-4-6-7(8(16)19-3)14-9(20-6)21-22(17,18)10(11,12)13/h4-5H2,1-3H3. The summed E-state index contributed by atoms with van der Waals surface area (Å²) >= 11 is 0. The maximum absolute atomic E-state index is 12.2. The zero-order valence-corrected chi connectivity index (χ0v) is 12.6. The van der Waals surface area contributed by atoms with Gasteiger partial charge in [0.2, 0.25) is 0 Å². The molecule has 126 valence electrons. The molecule has 0 saturated carbocycles. The van der Waals surface area contributed by atoms with E-state index in [1.807, 2.05) is 0 Å². The molecule has 1 aromatic heterocycles. The smallest absolute Gasteiger partial charge is 0.464 e. The number of hydrogen-bond acceptors (Lipinski definition) is 8. The van der Waals surface area contributed by atoms with Crippen LogP contribution in [-0.4, -0.2) is 57.5 Å². The van der Waals surface area contributed by atoms with Crippen molar-refractivity contribution < 1.29 is 39.7 Å². The molecule has 0 aromatic carbocycles. The fraction of sp³-hybridized carbons (Fsp3) is 0.600. The molecule has 22 heavy (non-hydrogen) atoms. The highest BCUT2D eigenvalue weighted by molar-refractivity contribution is 7.87. The lowest BCUT2D eigenvalue weighted by Crippen LogP contribution is -2.28. The van der Waals surface area contributed by atoms with Gasteiger partial charge in [-0.25, -0.2) is 4.79 Å². The Balaban J connectivity index is 3.10. The van der Waals surface area contributed by atoms with Crippen molar-refractivity contribution >= 4 is 16.1 Å². The van der Waals surface area contributed by atoms with Gasteiger partial charge in [-0.1, -0.05) is 0 Å². The van der Waals surface area contributed by atoms with Gasteiger partial charge in [-0.05, 0) is 14.1 Å². The average Bonchev–Trinajstić information content (AvgIpc) is 2.76. The summed E-state index contributed by atoms with van der Waals surface area (Å²) in [7, 11) is -1.49. The number of rotatable bonds is 6. The second kappa shape index (κ2) is 6.52. The molecule has 0 aliphatic heterocycles. The van der Waals surface area contributed by atoms with E-state index in [-0.39, 0.29) is 12.2 Å². The van der Waals surface area contributed by atoms with E-state index in [1.165, 1.54) is 0 Å². The van der Waals surface area contributed by atoms with Gasteiger partial charge in [0.15, 0.2) is 5.69 Å². The largest absolute Gasteiger partial charge is 0.534 e. The normalized spacial score (nSPS) is 12.5. The molecular weight excluding hydrogens is 333 g/mol. The molecule has 8 nitrogen and oxygen atoms in total. The number of halogens is 3. The molecular formula is C10H13F3N2O6S. The van der Waals surface area contributed by atoms with Crippen LogP contribution in [0, 0.1) is 0 Å². The SMILES string of the molecule is COC(=O)c1nc(OS(=O)(=O)C(F)(F)F)oc1CCN(C)C. The van der Waals surface area contributed by atoms with Crippen molar-refractivity contribution in [3.8, 4) is 6.08 Å². The van der Waals surface area contributed by atoms with Crippen molar-refractivity contribution in [3.05, 3.63) is 11.5 Å². The number of oxazole rings is 1. The van der Waals surface area contributed by atoms with Gasteiger partial charge in [0.1, 0.15) is 5.76 Å². The fourth-order valence-electron chi connectivity index (χ4n) is 1.26. The number of methoxy groups -OCH3 is 1. The Hall–Kier alpha value is -1.82. The molecule has 12 heteroatoms. The summed E-state index contributed by atoms with van der Waals surface area (Å²) in [6, 6.07) is 0. The van der Waals surface area contributed by atoms with Crippen LogP contribution in [0.5, 0.6) is 6.08 Å². The summed E-state index contributed by atoms with van der Waals surface area (Å²) in [6.45, 7) is 0.366. The molecule has 0 spiro atoms. The number of nitrogens with zero attached hydrogens (tertiary/aromatic N) is 2. The number of carbonyl (C=O) groups is 1. The van der Waals surface area contributed by atoms with Crippen LogP contribution in [0.1, 0.15) is 16.2 Å². The molecule has 0 radical (unpaired) electrons. The molecule has 0 fully saturated rings. The first-order valence-electron chi connectivity index (χ1n) is 5.71. The van der Waals surface area contributed by atoms with E-state index in [2.05, 4.69) is 13.9 Å². The number of hydrogen-bond donors (Lipinski definition) is 0. The van der Waals surface area contributed by atoms with Crippen LogP contribution < -0.4 is 4.18 Å². The van der Waals surface area contributed by atoms with Gasteiger partial charge in [0.25, 0.3) is 0 Å². The lowest BCUT2D eigenvalue weighted by atomic mass is 10.2. The molecule has 0 N–H and O–H groups in total. The van der Waals surface area contributed by atoms with E-state index < -0.39 is 33.4 Å². The summed E-state index contributed by atoms with van der Waals surface area (Å²) < 4.78 is 71.3. The second-order valence-electron chi connectivity index (χ2n) is 4.28. The molecule has 0 aliphatic carbocycles. The molecule has 1 rings (SSSR count). The number of aromatic nitrogens is 1. The topological polar surface area (TPSA) is 98.9 Å². The number of alkyl halides is 3. The highest BCUT2D eigenvalue weighted by Crippen LogP contribution is 2.28. The Kier molecular flexibility index (Phi) is 5.40. The first-order chi connectivity index (χ1) is 9.98. The van der Waals surface area contributed by atoms with Gasteiger partial charge in [-0.2, -0.15) is 26.6 Å². The van der Waals surface area contributed by atoms with Gasteiger partial charge >= 0.3 is 27.7 Å². The van der Waals surface area contributed by atoms with E-state index >= 15 is 0 Å². The Morgan fingerprint density at radius 3 is 2.41 bits per heavy atom. The number of carbonyl (C=O) groups excluding carboxylic acids is 1. The van der Waals surface area contributed by atoms with Crippen LogP contribution in [-0.2, 0) is 21.3 Å². The van der Waals surface area contributed by atoms with Crippen molar-refractivity contribution in [3.63, 3.8) is 0 Å². The Morgan fingerprint density at radius 2 is 1.95 bits per heavy atom. The first kappa shape index (κ1) is 18.2. The Morgan fingerprint density at radius 1 is 1.36 bits per heavy atom. The average molecular weight is 346 g/mol. The van der Waals surface area contributed by atoms with Gasteiger partial charge in [0.05, 0.1) is 7.11 Å². The Bertz CT molecular complexity index is 638. The number of ether oxygens (including phenoxy) is 1. The number of likely N-dealkylation sites (N-methyl/N-ethyl adjacent to an activating group) is 1. The first-order valence-corrected chi connectivity index (χ1v) is 7.12. The second-order valence-corrected chi connectivity index (χ2v) is 5.82. The van der Waals surface area contributed by atoms with Crippen molar-refractivity contribution in [1.29, 1.82) is 0 Å². The predicted octanol–water partition coefficient (Wildman–Crippen LogP) is 0.794. The maximum Gasteiger partial charge on any atom is 0.534 e. The molecule has 0 saturated heterocycles. The van der Waals surface area contributed by atoms with Crippen molar-refractivity contribution in [2.45, 2.75) is 11.9 Å². The van der Waals surface area contributed by atoms with Gasteiger partial charge in [-0.3, -0.25) is 0 Å². The van der Waals surface area contributed by atoms with E-state index in [0.717, 1.165) is 7.11 Å². The molecule has 1 heterocycles. The minimum absolute atomic E-state index is 0.0832. The zero-order valence-electron chi connectivity index (χ0n) is 11.8. The van der Waals surface area contributed by atoms with E-state index in [0.29, 0.717) is 6.54 Å². The summed E-state index contributed by atoms with van der Waals surface area (Å²) in [5, 5.41) is 0. The highest BCUT2D eigenvalue weighted by Gasteiger charge is 2.49. The van der Waals surface area contributed by atoms with Crippen molar-refractivity contribution in [2.24, 2.45) is 0 Å². The third-order valence-corrected chi connectivity index (χ3v) is 3.24. The minimum Gasteiger partial charge on any atom is -0.464 e. The van der Waals surface area contributed by atoms with E-state index in [9.17, 15) is 26.4 Å². The molecule has 0 amide bonds. The predicted molar refractivity (Wildman–Crippen MR) is 65.7 cm³/mol. The molecule has 0 atom stereocenters. The fourth-order valence-corrected chi connectivity index (χ4v) is 1.61. The van der Waals surface area contributed by atoms with E-state index in [1.54, 1.807) is 19.0 Å². The third kappa shape index (κ3) is 4.34. The molecule has 0 aliphatic rings. The van der Waals surface area contributed by atoms with Crippen LogP contribution >= 0.6 is 0 Å². The van der Waals surface area contributed by atoms with Crippen molar-refractivity contribution in [1.82, 2.24) is 9.88 Å². The molecule has 1 aromatic rings. The summed E-state index contributed by atoms with van der Waals surface area (Å²) in [6.07, 6.45) is -1.12. The lowest BCUT2D eigenvalue weighted by Gasteiger charge is -2.07.